The Bertz CT molecular complexity index is 4600. The number of benzene rings is 6. The van der Waals surface area contributed by atoms with Crippen LogP contribution >= 0.6 is 45.3 Å². The van der Waals surface area contributed by atoms with Crippen LogP contribution in [0.5, 0.6) is 11.5 Å². The van der Waals surface area contributed by atoms with Crippen molar-refractivity contribution in [1.29, 1.82) is 0 Å². The third-order valence-corrected chi connectivity index (χ3v) is 24.7. The fourth-order valence-corrected chi connectivity index (χ4v) is 17.2. The van der Waals surface area contributed by atoms with Gasteiger partial charge in [-0.15, -0.1) is 24.0 Å². The molecule has 0 aliphatic carbocycles. The fourth-order valence-electron chi connectivity index (χ4n) is 9.31. The van der Waals surface area contributed by atoms with E-state index in [9.17, 15) is 100 Å². The van der Waals surface area contributed by atoms with Gasteiger partial charge in [0.05, 0.1) is 9.79 Å². The van der Waals surface area contributed by atoms with Crippen LogP contribution in [0.15, 0.2) is 151 Å². The third kappa shape index (κ3) is 26.5. The van der Waals surface area contributed by atoms with Crippen molar-refractivity contribution in [3.05, 3.63) is 168 Å². The highest BCUT2D eigenvalue weighted by Crippen LogP contribution is 2.29. The smallest absolute Gasteiger partial charge is 0.410 e. The van der Waals surface area contributed by atoms with Gasteiger partial charge in [0.25, 0.3) is 18.1 Å². The summed E-state index contributed by atoms with van der Waals surface area (Å²) in [5.74, 6) is -9.23. The number of aromatic hydroxyl groups is 2. The summed E-state index contributed by atoms with van der Waals surface area (Å²) in [6, 6.07) is 21.3. The standard InChI is InChI=1S/C16H16F2N2O5S2.C15H20F2N2O4S.C10H12F2N2O2S.C9H18N2O2.C6H3ClF2O2S.C6H5ClO3S.HI/c17-14-2-1-3-15(18)16(14)27(24,25)20-10-8-19(9-11-20)26(22,23)13-6-4-12(21)5-7-13;1-15(2,3)23-14(20)18-7-9-19(10-8-18)24(21,22)13-11(16)5-4-6-12(13)17;11-8-2-1-3-9(12)10(8)17(15,16)14-6-4-13-5-7-14;1-9(2,3)13-8(12)11-6-4-10-5-7-11;7-12(10,11)6-4(8)2-1-3-5(6)9;7-11(9,10)6-3-1-5(8)2-4-6;/h1-7,21H,8-11H2;4-6H,7-10H2,1-3H3;1-3,13H,4-7H2;10H,4-7H2,1-3H3;1-3H;1-4,8H;1H. The van der Waals surface area contributed by atoms with Crippen LogP contribution in [-0.4, -0.2) is 216 Å². The van der Waals surface area contributed by atoms with Crippen LogP contribution in [0, 0.1) is 46.5 Å². The summed E-state index contributed by atoms with van der Waals surface area (Å²) in [5, 5.41) is 24.2. The molecule has 4 aliphatic rings. The van der Waals surface area contributed by atoms with Gasteiger partial charge in [-0.2, -0.15) is 17.2 Å². The summed E-state index contributed by atoms with van der Waals surface area (Å²) in [7, 11) is -14.9. The molecule has 0 bridgehead atoms. The molecule has 6 aromatic rings. The number of nitrogens with zero attached hydrogens (tertiary/aromatic N) is 6. The number of phenols is 2. The average molecular weight is 1760 g/mol. The van der Waals surface area contributed by atoms with E-state index in [2.05, 4.69) is 10.6 Å². The molecule has 4 saturated heterocycles. The normalized spacial score (nSPS) is 16.0. The number of rotatable bonds is 10. The average Bonchev–Trinajstić information content (AvgIpc) is 0.787. The number of nitrogens with one attached hydrogen (secondary N) is 2. The third-order valence-electron chi connectivity index (χ3n) is 14.2. The van der Waals surface area contributed by atoms with Crippen molar-refractivity contribution in [3.8, 4) is 11.5 Å². The van der Waals surface area contributed by atoms with Gasteiger partial charge in [-0.25, -0.2) is 95.2 Å². The number of amides is 2. The molecule has 4 aliphatic heterocycles. The van der Waals surface area contributed by atoms with E-state index in [4.69, 9.17) is 35.9 Å². The molecule has 0 unspecified atom stereocenters. The van der Waals surface area contributed by atoms with Gasteiger partial charge in [-0.05, 0) is 139 Å². The monoisotopic (exact) mass is 1760 g/mol. The number of phenolic OH excluding ortho intramolecular Hbond substituents is 2. The van der Waals surface area contributed by atoms with Crippen molar-refractivity contribution in [2.24, 2.45) is 0 Å². The van der Waals surface area contributed by atoms with Crippen LogP contribution in [0.3, 0.4) is 0 Å². The molecular formula is C62H75Cl2F8IN8O18S6. The molecule has 0 saturated carbocycles. The minimum absolute atomic E-state index is 0. The van der Waals surface area contributed by atoms with E-state index in [-0.39, 0.29) is 122 Å². The summed E-state index contributed by atoms with van der Waals surface area (Å²) in [4.78, 5) is 22.5. The number of hydrogen-bond donors (Lipinski definition) is 4. The van der Waals surface area contributed by atoms with Crippen molar-refractivity contribution in [2.45, 2.75) is 82.1 Å². The lowest BCUT2D eigenvalue weighted by molar-refractivity contribution is 0.0190. The molecule has 0 aromatic heterocycles. The summed E-state index contributed by atoms with van der Waals surface area (Å²) in [5.41, 5.74) is -1.04. The van der Waals surface area contributed by atoms with Gasteiger partial charge in [0.1, 0.15) is 69.2 Å². The number of sulfonamides is 4. The molecule has 584 valence electrons. The Morgan fingerprint density at radius 1 is 0.352 bits per heavy atom. The maximum absolute atomic E-state index is 13.8. The van der Waals surface area contributed by atoms with Gasteiger partial charge in [0.15, 0.2) is 19.6 Å². The van der Waals surface area contributed by atoms with Crippen LogP contribution in [0.1, 0.15) is 41.5 Å². The highest BCUT2D eigenvalue weighted by atomic mass is 127. The molecular weight excluding hydrogens is 1690 g/mol. The zero-order valence-electron chi connectivity index (χ0n) is 56.6. The van der Waals surface area contributed by atoms with Crippen molar-refractivity contribution in [1.82, 2.24) is 37.7 Å². The first kappa shape index (κ1) is 91.1. The molecule has 10 rings (SSSR count). The second-order valence-electron chi connectivity index (χ2n) is 24.1. The predicted octanol–water partition coefficient (Wildman–Crippen LogP) is 8.79. The van der Waals surface area contributed by atoms with Gasteiger partial charge in [-0.1, -0.05) is 24.3 Å². The molecule has 0 spiro atoms. The summed E-state index contributed by atoms with van der Waals surface area (Å²) in [6.07, 6.45) is -0.745. The number of carbonyl (C=O) groups excluding carboxylic acids is 2. The predicted molar refractivity (Wildman–Crippen MR) is 380 cm³/mol. The van der Waals surface area contributed by atoms with Crippen LogP contribution in [0.2, 0.25) is 0 Å². The molecule has 4 fully saturated rings. The number of ether oxygens (including phenoxy) is 2. The van der Waals surface area contributed by atoms with Crippen molar-refractivity contribution in [3.63, 3.8) is 0 Å². The van der Waals surface area contributed by atoms with Crippen molar-refractivity contribution >= 4 is 116 Å². The molecule has 6 aromatic carbocycles. The molecule has 43 heteroatoms. The maximum atomic E-state index is 13.8. The molecule has 4 heterocycles. The second kappa shape index (κ2) is 38.7. The van der Waals surface area contributed by atoms with E-state index < -0.39 is 136 Å². The Hall–Kier alpha value is -6.33. The van der Waals surface area contributed by atoms with E-state index in [1.54, 1.807) is 25.7 Å². The number of carbonyl (C=O) groups is 2. The highest BCUT2D eigenvalue weighted by molar-refractivity contribution is 14.0. The van der Waals surface area contributed by atoms with Gasteiger partial charge in [0.2, 0.25) is 40.1 Å². The minimum Gasteiger partial charge on any atom is -0.508 e. The Kier molecular flexibility index (Phi) is 33.5. The molecule has 105 heavy (non-hydrogen) atoms. The molecule has 26 nitrogen and oxygen atoms in total. The SMILES string of the molecule is CC(C)(C)OC(=O)N1CCN(S(=O)(=O)c2c(F)cccc2F)CC1.CC(C)(C)OC(=O)N1CCNCC1.I.O=S(=O)(Cl)c1c(F)cccc1F.O=S(=O)(Cl)c1ccc(O)cc1.O=S(=O)(c1c(F)cccc1F)N1CCNCC1.O=S(=O)(c1ccc(O)cc1)N1CCN(S(=O)(=O)c2c(F)cccc2F)CC1. The van der Waals surface area contributed by atoms with Crippen molar-refractivity contribution < 1.29 is 115 Å². The summed E-state index contributed by atoms with van der Waals surface area (Å²) in [6.45, 7) is 14.7. The van der Waals surface area contributed by atoms with Crippen LogP contribution in [0.25, 0.3) is 0 Å². The van der Waals surface area contributed by atoms with E-state index >= 15 is 0 Å². The Labute approximate surface area is 629 Å². The van der Waals surface area contributed by atoms with Gasteiger partial charge in [-0.3, -0.25) is 0 Å². The Balaban J connectivity index is 0.000000275. The van der Waals surface area contributed by atoms with E-state index in [0.717, 1.165) is 116 Å². The summed E-state index contributed by atoms with van der Waals surface area (Å²) < 4.78 is 263. The number of hydrogen-bond acceptors (Lipinski definition) is 20. The maximum Gasteiger partial charge on any atom is 0.410 e. The lowest BCUT2D eigenvalue weighted by Crippen LogP contribution is -2.51. The topological polar surface area (TPSA) is 341 Å². The van der Waals surface area contributed by atoms with Crippen LogP contribution in [-0.2, 0) is 67.7 Å². The summed E-state index contributed by atoms with van der Waals surface area (Å²) >= 11 is 0. The van der Waals surface area contributed by atoms with Crippen molar-refractivity contribution in [2.75, 3.05) is 105 Å². The molecule has 2 amide bonds. The van der Waals surface area contributed by atoms with Crippen LogP contribution < -0.4 is 10.6 Å². The molecule has 0 atom stereocenters. The number of piperazine rings is 4. The first-order valence-electron chi connectivity index (χ1n) is 30.7. The lowest BCUT2D eigenvalue weighted by Gasteiger charge is -2.35. The van der Waals surface area contributed by atoms with Gasteiger partial charge < -0.3 is 40.1 Å². The Morgan fingerprint density at radius 2 is 0.590 bits per heavy atom. The Morgan fingerprint density at radius 3 is 0.857 bits per heavy atom. The molecule has 0 radical (unpaired) electrons. The van der Waals surface area contributed by atoms with E-state index in [0.29, 0.717) is 13.1 Å². The second-order valence-corrected chi connectivity index (χ2v) is 36.7. The fraction of sp³-hybridized carbons (Fsp3) is 0.387. The first-order chi connectivity index (χ1) is 48.1. The minimum atomic E-state index is -4.43. The van der Waals surface area contributed by atoms with Gasteiger partial charge in [0, 0.05) is 126 Å². The lowest BCUT2D eigenvalue weighted by atomic mass is 10.2. The first-order valence-corrected chi connectivity index (χ1v) is 41.1. The largest absolute Gasteiger partial charge is 0.508 e. The number of halogens is 11. The highest BCUT2D eigenvalue weighted by Gasteiger charge is 2.39. The van der Waals surface area contributed by atoms with Gasteiger partial charge >= 0.3 is 12.2 Å². The van der Waals surface area contributed by atoms with E-state index in [1.165, 1.54) is 53.4 Å². The van der Waals surface area contributed by atoms with Crippen LogP contribution in [0.4, 0.5) is 44.7 Å². The van der Waals surface area contributed by atoms with E-state index in [1.807, 2.05) is 20.8 Å². The quantitative estimate of drug-likeness (QED) is 0.0565. The zero-order valence-corrected chi connectivity index (χ0v) is 65.3. The molecule has 4 N–H and O–H groups in total. The zero-order chi connectivity index (χ0) is 78.1.